The highest BCUT2D eigenvalue weighted by Gasteiger charge is 2.32. The Kier molecular flexibility index (Phi) is 12.1. The molecule has 0 spiro atoms. The Balaban J connectivity index is 0.996. The summed E-state index contributed by atoms with van der Waals surface area (Å²) < 4.78 is 25.7. The number of furan rings is 1. The van der Waals surface area contributed by atoms with Gasteiger partial charge in [-0.3, -0.25) is 19.1 Å². The Bertz CT molecular complexity index is 2090. The molecule has 0 unspecified atom stereocenters. The molecule has 13 nitrogen and oxygen atoms in total. The first-order chi connectivity index (χ1) is 26.4. The maximum absolute atomic E-state index is 13.6. The molecule has 13 heteroatoms. The number of nitrogens with zero attached hydrogens (tertiary/aromatic N) is 5. The van der Waals surface area contributed by atoms with Crippen molar-refractivity contribution in [2.45, 2.75) is 84.5 Å². The second kappa shape index (κ2) is 16.9. The summed E-state index contributed by atoms with van der Waals surface area (Å²) in [6.07, 6.45) is 9.76. The quantitative estimate of drug-likeness (QED) is 0.0786. The van der Waals surface area contributed by atoms with Gasteiger partial charge in [0.25, 0.3) is 17.6 Å². The number of carbonyl (C=O) groups is 3. The van der Waals surface area contributed by atoms with Crippen molar-refractivity contribution in [1.82, 2.24) is 29.8 Å². The van der Waals surface area contributed by atoms with Crippen molar-refractivity contribution in [2.24, 2.45) is 0 Å². The maximum atomic E-state index is 13.6. The van der Waals surface area contributed by atoms with Crippen molar-refractivity contribution in [3.8, 4) is 22.8 Å². The summed E-state index contributed by atoms with van der Waals surface area (Å²) in [7, 11) is 1.52. The van der Waals surface area contributed by atoms with Crippen LogP contribution in [-0.2, 0) is 22.5 Å². The standard InChI is InChI=1S/C42H52N6O7/c1-7-8-12-30-28-48(45-44-30)19-17-41(2,3)54-25-18-42(4,5)55-31-13-9-11-29(26-31)39(50)46-20-22-47(23-21-46)40(51)38(49)33-27-43-37-32(34-14-10-24-53-34)15-16-35(52-6)36(33)37/h9-11,13-16,24,26-28,43H,7-8,12,17-23,25H2,1-6H3. The Morgan fingerprint density at radius 2 is 1.73 bits per heavy atom. The van der Waals surface area contributed by atoms with Crippen LogP contribution in [0.3, 0.4) is 0 Å². The van der Waals surface area contributed by atoms with E-state index in [1.165, 1.54) is 18.2 Å². The van der Waals surface area contributed by atoms with E-state index < -0.39 is 17.3 Å². The van der Waals surface area contributed by atoms with Crippen LogP contribution < -0.4 is 9.47 Å². The highest BCUT2D eigenvalue weighted by atomic mass is 16.5. The lowest BCUT2D eigenvalue weighted by Gasteiger charge is -2.34. The number of ketones is 1. The summed E-state index contributed by atoms with van der Waals surface area (Å²) >= 11 is 0. The maximum Gasteiger partial charge on any atom is 0.295 e. The topological polar surface area (TPSA) is 145 Å². The van der Waals surface area contributed by atoms with Crippen molar-refractivity contribution in [3.63, 3.8) is 0 Å². The van der Waals surface area contributed by atoms with Gasteiger partial charge < -0.3 is 33.4 Å². The van der Waals surface area contributed by atoms with E-state index >= 15 is 0 Å². The molecule has 2 aromatic carbocycles. The largest absolute Gasteiger partial charge is 0.496 e. The molecule has 1 fully saturated rings. The first kappa shape index (κ1) is 39.3. The number of ether oxygens (including phenoxy) is 3. The van der Waals surface area contributed by atoms with E-state index in [9.17, 15) is 14.4 Å². The van der Waals surface area contributed by atoms with Gasteiger partial charge in [-0.25, -0.2) is 0 Å². The van der Waals surface area contributed by atoms with Crippen LogP contribution in [0, 0.1) is 0 Å². The lowest BCUT2D eigenvalue weighted by atomic mass is 10.0. The molecule has 55 heavy (non-hydrogen) atoms. The third kappa shape index (κ3) is 9.45. The average molecular weight is 753 g/mol. The predicted molar refractivity (Wildman–Crippen MR) is 208 cm³/mol. The van der Waals surface area contributed by atoms with Gasteiger partial charge in [-0.05, 0) is 89.4 Å². The Morgan fingerprint density at radius 1 is 0.945 bits per heavy atom. The van der Waals surface area contributed by atoms with Crippen LogP contribution in [0.25, 0.3) is 22.2 Å². The van der Waals surface area contributed by atoms with Crippen LogP contribution in [0.4, 0.5) is 0 Å². The number of benzene rings is 2. The number of unbranched alkanes of at least 4 members (excludes halogenated alkanes) is 1. The van der Waals surface area contributed by atoms with Crippen molar-refractivity contribution < 1.29 is 33.0 Å². The smallest absolute Gasteiger partial charge is 0.295 e. The van der Waals surface area contributed by atoms with E-state index in [0.29, 0.717) is 59.8 Å². The molecule has 0 radical (unpaired) electrons. The lowest BCUT2D eigenvalue weighted by molar-refractivity contribution is -0.127. The molecule has 0 aliphatic carbocycles. The number of hydrogen-bond acceptors (Lipinski definition) is 9. The number of amides is 2. The molecular weight excluding hydrogens is 700 g/mol. The third-order valence-electron chi connectivity index (χ3n) is 10.1. The number of Topliss-reactive ketones (excluding diaryl/α,β-unsaturated/α-hetero) is 1. The Hall–Kier alpha value is -5.43. The van der Waals surface area contributed by atoms with Crippen LogP contribution in [-0.4, -0.2) is 98.5 Å². The molecule has 1 N–H and O–H groups in total. The van der Waals surface area contributed by atoms with E-state index in [-0.39, 0.29) is 30.2 Å². The average Bonchev–Trinajstić information content (AvgIpc) is 3.97. The van der Waals surface area contributed by atoms with Crippen molar-refractivity contribution >= 4 is 28.5 Å². The minimum Gasteiger partial charge on any atom is -0.496 e. The minimum atomic E-state index is -0.648. The first-order valence-electron chi connectivity index (χ1n) is 19.0. The molecule has 3 aromatic heterocycles. The molecular formula is C42H52N6O7. The number of nitrogens with one attached hydrogen (secondary N) is 1. The summed E-state index contributed by atoms with van der Waals surface area (Å²) in [5.41, 5.74) is 2.22. The molecule has 5 aromatic rings. The Morgan fingerprint density at radius 3 is 2.45 bits per heavy atom. The third-order valence-corrected chi connectivity index (χ3v) is 10.1. The van der Waals surface area contributed by atoms with Gasteiger partial charge in [0, 0.05) is 62.7 Å². The number of methoxy groups -OCH3 is 1. The first-order valence-corrected chi connectivity index (χ1v) is 19.0. The fourth-order valence-corrected chi connectivity index (χ4v) is 6.77. The van der Waals surface area contributed by atoms with Gasteiger partial charge in [-0.2, -0.15) is 0 Å². The molecule has 0 atom stereocenters. The van der Waals surface area contributed by atoms with E-state index in [4.69, 9.17) is 18.6 Å². The summed E-state index contributed by atoms with van der Waals surface area (Å²) in [6.45, 7) is 12.6. The van der Waals surface area contributed by atoms with Gasteiger partial charge in [-0.1, -0.05) is 24.6 Å². The van der Waals surface area contributed by atoms with E-state index in [0.717, 1.165) is 43.5 Å². The predicted octanol–water partition coefficient (Wildman–Crippen LogP) is 6.97. The zero-order chi connectivity index (χ0) is 39.2. The van der Waals surface area contributed by atoms with Crippen LogP contribution in [0.1, 0.15) is 86.7 Å². The van der Waals surface area contributed by atoms with Crippen LogP contribution in [0.15, 0.2) is 71.6 Å². The Labute approximate surface area is 321 Å². The molecule has 0 saturated carbocycles. The highest BCUT2D eigenvalue weighted by molar-refractivity contribution is 6.45. The van der Waals surface area contributed by atoms with Gasteiger partial charge in [-0.15, -0.1) is 5.10 Å². The fraction of sp³-hybridized carbons (Fsp3) is 0.452. The number of fused-ring (bicyclic) bond motifs is 1. The second-order valence-electron chi connectivity index (χ2n) is 15.2. The normalized spacial score (nSPS) is 13.7. The van der Waals surface area contributed by atoms with Gasteiger partial charge in [0.15, 0.2) is 0 Å². The minimum absolute atomic E-state index is 0.163. The molecule has 0 bridgehead atoms. The van der Waals surface area contributed by atoms with Gasteiger partial charge in [0.05, 0.1) is 47.7 Å². The van der Waals surface area contributed by atoms with Crippen molar-refractivity contribution in [1.29, 1.82) is 0 Å². The van der Waals surface area contributed by atoms with Gasteiger partial charge in [0.2, 0.25) is 0 Å². The summed E-state index contributed by atoms with van der Waals surface area (Å²) in [5.74, 6) is 0.238. The number of piperazine rings is 1. The molecule has 1 aliphatic rings. The fourth-order valence-electron chi connectivity index (χ4n) is 6.77. The molecule has 1 aliphatic heterocycles. The van der Waals surface area contributed by atoms with Crippen molar-refractivity contribution in [2.75, 3.05) is 39.9 Å². The van der Waals surface area contributed by atoms with Gasteiger partial charge >= 0.3 is 0 Å². The molecule has 292 valence electrons. The number of hydrogen-bond donors (Lipinski definition) is 1. The highest BCUT2D eigenvalue weighted by Crippen LogP contribution is 2.37. The van der Waals surface area contributed by atoms with Gasteiger partial charge in [0.1, 0.15) is 22.9 Å². The van der Waals surface area contributed by atoms with Crippen molar-refractivity contribution in [3.05, 3.63) is 84.0 Å². The van der Waals surface area contributed by atoms with Crippen LogP contribution >= 0.6 is 0 Å². The number of carbonyl (C=O) groups excluding carboxylic acids is 3. The molecule has 6 rings (SSSR count). The van der Waals surface area contributed by atoms with E-state index in [2.05, 4.69) is 36.1 Å². The zero-order valence-electron chi connectivity index (χ0n) is 32.7. The zero-order valence-corrected chi connectivity index (χ0v) is 32.7. The number of aromatic nitrogens is 4. The number of H-pyrrole nitrogens is 1. The summed E-state index contributed by atoms with van der Waals surface area (Å²) in [4.78, 5) is 47.0. The second-order valence-corrected chi connectivity index (χ2v) is 15.2. The monoisotopic (exact) mass is 752 g/mol. The number of rotatable bonds is 17. The molecule has 4 heterocycles. The van der Waals surface area contributed by atoms with Crippen LogP contribution in [0.2, 0.25) is 0 Å². The molecule has 2 amide bonds. The number of aryl methyl sites for hydroxylation is 2. The van der Waals surface area contributed by atoms with E-state index in [1.54, 1.807) is 41.5 Å². The molecule has 1 saturated heterocycles. The summed E-state index contributed by atoms with van der Waals surface area (Å²) in [6, 6.07) is 14.4. The lowest BCUT2D eigenvalue weighted by Crippen LogP contribution is -2.52. The van der Waals surface area contributed by atoms with Crippen LogP contribution in [0.5, 0.6) is 11.5 Å². The van der Waals surface area contributed by atoms with E-state index in [1.807, 2.05) is 42.9 Å². The number of aromatic amines is 1. The summed E-state index contributed by atoms with van der Waals surface area (Å²) in [5, 5.41) is 9.05. The SMILES string of the molecule is CCCCc1cn(CCC(C)(C)OCCC(C)(C)Oc2cccc(C(=O)N3CCN(C(=O)C(=O)c4c[nH]c5c(-c6ccco6)ccc(OC)c45)CC3)c2)nn1.